The zero-order valence-corrected chi connectivity index (χ0v) is 16.7. The summed E-state index contributed by atoms with van der Waals surface area (Å²) in [5.41, 5.74) is 0. The first-order chi connectivity index (χ1) is 11.7. The van der Waals surface area contributed by atoms with Crippen LogP contribution in [0.5, 0.6) is 0 Å². The lowest BCUT2D eigenvalue weighted by Gasteiger charge is -2.18. The van der Waals surface area contributed by atoms with Gasteiger partial charge in [-0.1, -0.05) is 84.0 Å². The molecule has 0 saturated heterocycles. The lowest BCUT2D eigenvalue weighted by atomic mass is 10.0. The summed E-state index contributed by atoms with van der Waals surface area (Å²) in [4.78, 5) is 11.9. The van der Waals surface area contributed by atoms with Crippen molar-refractivity contribution in [2.45, 2.75) is 109 Å². The van der Waals surface area contributed by atoms with Gasteiger partial charge in [-0.15, -0.1) is 0 Å². The van der Waals surface area contributed by atoms with E-state index in [-0.39, 0.29) is 5.78 Å². The van der Waals surface area contributed by atoms with Crippen LogP contribution in [-0.4, -0.2) is 34.8 Å². The van der Waals surface area contributed by atoms with E-state index < -0.39 is 18.8 Å². The molecule has 144 valence electrons. The van der Waals surface area contributed by atoms with Crippen molar-refractivity contribution in [3.05, 3.63) is 0 Å². The van der Waals surface area contributed by atoms with E-state index in [4.69, 9.17) is 9.63 Å². The van der Waals surface area contributed by atoms with Crippen LogP contribution in [0.25, 0.3) is 0 Å². The molecule has 0 spiro atoms. The SMILES string of the molecule is CCCCCCCCCCCCCCCC(=O)C(OP)C(O)CO. The third kappa shape index (κ3) is 13.3. The Morgan fingerprint density at radius 3 is 1.67 bits per heavy atom. The van der Waals surface area contributed by atoms with Gasteiger partial charge in [0.1, 0.15) is 12.2 Å². The van der Waals surface area contributed by atoms with E-state index in [0.29, 0.717) is 6.42 Å². The molecule has 0 aliphatic heterocycles. The van der Waals surface area contributed by atoms with Crippen molar-refractivity contribution >= 4 is 15.2 Å². The topological polar surface area (TPSA) is 66.8 Å². The predicted molar refractivity (Wildman–Crippen MR) is 103 cm³/mol. The van der Waals surface area contributed by atoms with Crippen molar-refractivity contribution < 1.29 is 19.5 Å². The second kappa shape index (κ2) is 17.8. The first-order valence-corrected chi connectivity index (χ1v) is 10.3. The normalized spacial score (nSPS) is 13.8. The maximum absolute atomic E-state index is 11.9. The summed E-state index contributed by atoms with van der Waals surface area (Å²) < 4.78 is 4.89. The molecule has 0 aliphatic rings. The lowest BCUT2D eigenvalue weighted by molar-refractivity contribution is -0.131. The molecule has 0 aromatic carbocycles. The van der Waals surface area contributed by atoms with Crippen LogP contribution in [0.4, 0.5) is 0 Å². The molecule has 0 amide bonds. The van der Waals surface area contributed by atoms with Gasteiger partial charge in [-0.2, -0.15) is 0 Å². The van der Waals surface area contributed by atoms with Gasteiger partial charge in [-0.25, -0.2) is 0 Å². The fourth-order valence-corrected chi connectivity index (χ4v) is 3.27. The van der Waals surface area contributed by atoms with Crippen molar-refractivity contribution in [3.63, 3.8) is 0 Å². The summed E-state index contributed by atoms with van der Waals surface area (Å²) in [5.74, 6) is -0.130. The minimum atomic E-state index is -1.13. The number of hydrogen-bond donors (Lipinski definition) is 2. The summed E-state index contributed by atoms with van der Waals surface area (Å²) in [6.45, 7) is 1.80. The van der Waals surface area contributed by atoms with E-state index in [2.05, 4.69) is 6.92 Å². The number of unbranched alkanes of at least 4 members (excludes halogenated alkanes) is 12. The Hall–Kier alpha value is -0.0200. The fourth-order valence-electron chi connectivity index (χ4n) is 2.94. The molecule has 2 N–H and O–H groups in total. The molecule has 0 radical (unpaired) electrons. The van der Waals surface area contributed by atoms with Crippen LogP contribution in [0, 0.1) is 0 Å². The van der Waals surface area contributed by atoms with Crippen LogP contribution in [0.3, 0.4) is 0 Å². The first-order valence-electron chi connectivity index (χ1n) is 9.84. The van der Waals surface area contributed by atoms with Gasteiger partial charge in [0.15, 0.2) is 5.78 Å². The number of aliphatic hydroxyl groups is 2. The standard InChI is InChI=1S/C19H39O4P/c1-2-3-4-5-6-7-8-9-10-11-12-13-14-15-17(21)19(23-24)18(22)16-20/h18-20,22H,2-16,24H2,1H3. The van der Waals surface area contributed by atoms with Gasteiger partial charge < -0.3 is 14.7 Å². The Kier molecular flexibility index (Phi) is 17.8. The van der Waals surface area contributed by atoms with Gasteiger partial charge in [0, 0.05) is 15.9 Å². The summed E-state index contributed by atoms with van der Waals surface area (Å²) in [6, 6.07) is 0. The Labute approximate surface area is 151 Å². The van der Waals surface area contributed by atoms with Gasteiger partial charge in [-0.05, 0) is 6.42 Å². The Balaban J connectivity index is 3.37. The van der Waals surface area contributed by atoms with Crippen LogP contribution < -0.4 is 0 Å². The molecule has 3 unspecified atom stereocenters. The van der Waals surface area contributed by atoms with Crippen LogP contribution in [-0.2, 0) is 9.32 Å². The summed E-state index contributed by atoms with van der Waals surface area (Å²) in [5, 5.41) is 18.4. The Bertz CT molecular complexity index is 287. The first kappa shape index (κ1) is 24.0. The maximum Gasteiger partial charge on any atom is 0.164 e. The molecule has 0 aliphatic carbocycles. The summed E-state index contributed by atoms with van der Waals surface area (Å²) >= 11 is 0. The second-order valence-corrected chi connectivity index (χ2v) is 7.04. The van der Waals surface area contributed by atoms with E-state index in [1.165, 1.54) is 70.6 Å². The third-order valence-electron chi connectivity index (χ3n) is 4.53. The molecule has 4 nitrogen and oxygen atoms in total. The van der Waals surface area contributed by atoms with E-state index in [9.17, 15) is 9.90 Å². The quantitative estimate of drug-likeness (QED) is 0.277. The van der Waals surface area contributed by atoms with Gasteiger partial charge >= 0.3 is 0 Å². The van der Waals surface area contributed by atoms with E-state index in [1.807, 2.05) is 9.47 Å². The number of hydrogen-bond acceptors (Lipinski definition) is 4. The molecule has 0 rings (SSSR count). The highest BCUT2D eigenvalue weighted by molar-refractivity contribution is 7.09. The van der Waals surface area contributed by atoms with E-state index in [0.717, 1.165) is 12.8 Å². The average molecular weight is 362 g/mol. The van der Waals surface area contributed by atoms with Crippen molar-refractivity contribution in [1.82, 2.24) is 0 Å². The fraction of sp³-hybridized carbons (Fsp3) is 0.947. The second-order valence-electron chi connectivity index (χ2n) is 6.77. The lowest BCUT2D eigenvalue weighted by Crippen LogP contribution is -2.36. The predicted octanol–water partition coefficient (Wildman–Crippen LogP) is 4.57. The summed E-state index contributed by atoms with van der Waals surface area (Å²) in [7, 11) is 2.00. The minimum absolute atomic E-state index is 0.130. The van der Waals surface area contributed by atoms with Crippen LogP contribution in [0.1, 0.15) is 96.8 Å². The van der Waals surface area contributed by atoms with Crippen molar-refractivity contribution in [2.75, 3.05) is 6.61 Å². The highest BCUT2D eigenvalue weighted by Crippen LogP contribution is 2.14. The molecule has 0 aromatic rings. The van der Waals surface area contributed by atoms with Crippen LogP contribution >= 0.6 is 9.47 Å². The largest absolute Gasteiger partial charge is 0.394 e. The highest BCUT2D eigenvalue weighted by Gasteiger charge is 2.25. The van der Waals surface area contributed by atoms with Crippen LogP contribution in [0.15, 0.2) is 0 Å². The zero-order chi connectivity index (χ0) is 18.0. The third-order valence-corrected chi connectivity index (χ3v) is 4.82. The van der Waals surface area contributed by atoms with E-state index >= 15 is 0 Å². The smallest absolute Gasteiger partial charge is 0.164 e. The van der Waals surface area contributed by atoms with E-state index in [1.54, 1.807) is 0 Å². The van der Waals surface area contributed by atoms with Gasteiger partial charge in [0.05, 0.1) is 6.61 Å². The molecular formula is C19H39O4P. The molecule has 0 fully saturated rings. The number of carbonyl (C=O) groups excluding carboxylic acids is 1. The molecule has 0 saturated carbocycles. The average Bonchev–Trinajstić information content (AvgIpc) is 2.59. The molecular weight excluding hydrogens is 323 g/mol. The van der Waals surface area contributed by atoms with Crippen molar-refractivity contribution in [1.29, 1.82) is 0 Å². The summed E-state index contributed by atoms with van der Waals surface area (Å²) in [6.07, 6.45) is 14.9. The minimum Gasteiger partial charge on any atom is -0.394 e. The number of carbonyl (C=O) groups is 1. The molecule has 3 atom stereocenters. The molecule has 0 aromatic heterocycles. The molecule has 24 heavy (non-hydrogen) atoms. The van der Waals surface area contributed by atoms with Crippen LogP contribution in [0.2, 0.25) is 0 Å². The Morgan fingerprint density at radius 1 is 0.875 bits per heavy atom. The Morgan fingerprint density at radius 2 is 1.29 bits per heavy atom. The van der Waals surface area contributed by atoms with Gasteiger partial charge in [0.2, 0.25) is 0 Å². The number of Topliss-reactive ketones (excluding diaryl/α,β-unsaturated/α-hetero) is 1. The molecule has 0 heterocycles. The number of ketones is 1. The monoisotopic (exact) mass is 362 g/mol. The van der Waals surface area contributed by atoms with Gasteiger partial charge in [-0.3, -0.25) is 4.79 Å². The zero-order valence-electron chi connectivity index (χ0n) is 15.5. The highest BCUT2D eigenvalue weighted by atomic mass is 31.0. The number of aliphatic hydroxyl groups excluding tert-OH is 2. The van der Waals surface area contributed by atoms with Gasteiger partial charge in [0.25, 0.3) is 0 Å². The molecule has 0 bridgehead atoms. The maximum atomic E-state index is 11.9. The van der Waals surface area contributed by atoms with Crippen molar-refractivity contribution in [3.8, 4) is 0 Å². The number of rotatable bonds is 18. The molecule has 5 heteroatoms. The van der Waals surface area contributed by atoms with Crippen molar-refractivity contribution in [2.24, 2.45) is 0 Å².